The number of hydrogen-bond acceptors (Lipinski definition) is 2. The van der Waals surface area contributed by atoms with Crippen LogP contribution in [-0.4, -0.2) is 28.9 Å². The molecule has 1 saturated heterocycles. The number of likely N-dealkylation sites (tertiary alicyclic amines) is 1. The van der Waals surface area contributed by atoms with Crippen LogP contribution < -0.4 is 0 Å². The molecule has 1 aromatic heterocycles. The summed E-state index contributed by atoms with van der Waals surface area (Å²) in [6.07, 6.45) is 3.20. The number of carbonyl (C=O) groups is 1. The lowest BCUT2D eigenvalue weighted by atomic mass is 9.77. The summed E-state index contributed by atoms with van der Waals surface area (Å²) in [5.41, 5.74) is 0.545. The molecule has 0 saturated carbocycles. The van der Waals surface area contributed by atoms with Gasteiger partial charge in [-0.3, -0.25) is 4.79 Å². The number of amides is 1. The zero-order valence-electron chi connectivity index (χ0n) is 12.8. The lowest BCUT2D eigenvalue weighted by molar-refractivity contribution is 0.0750. The summed E-state index contributed by atoms with van der Waals surface area (Å²) in [6.45, 7) is 8.32. The molecule has 2 heterocycles. The topological polar surface area (TPSA) is 33.2 Å². The lowest BCUT2D eigenvalue weighted by Gasteiger charge is -2.29. The zero-order chi connectivity index (χ0) is 15.6. The van der Waals surface area contributed by atoms with E-state index in [1.54, 1.807) is 12.1 Å². The molecule has 0 radical (unpaired) electrons. The molecule has 1 amide bonds. The van der Waals surface area contributed by atoms with Crippen LogP contribution in [0.25, 0.3) is 0 Å². The third-order valence-electron chi connectivity index (χ3n) is 4.25. The number of halogens is 2. The molecule has 1 unspecified atom stereocenters. The van der Waals surface area contributed by atoms with Crippen LogP contribution in [0.5, 0.6) is 0 Å². The van der Waals surface area contributed by atoms with Crippen molar-refractivity contribution in [1.82, 2.24) is 9.88 Å². The summed E-state index contributed by atoms with van der Waals surface area (Å²) < 4.78 is 0. The van der Waals surface area contributed by atoms with E-state index in [1.807, 2.05) is 4.90 Å². The Hall–Kier alpha value is -0.800. The number of nitrogens with zero attached hydrogens (tertiary/aromatic N) is 2. The molecule has 0 bridgehead atoms. The average molecular weight is 329 g/mol. The van der Waals surface area contributed by atoms with E-state index in [2.05, 4.69) is 25.8 Å². The van der Waals surface area contributed by atoms with Crippen LogP contribution in [0.1, 0.15) is 50.5 Å². The van der Waals surface area contributed by atoms with Gasteiger partial charge >= 0.3 is 0 Å². The van der Waals surface area contributed by atoms with Gasteiger partial charge in [-0.1, -0.05) is 44.0 Å². The van der Waals surface area contributed by atoms with Crippen molar-refractivity contribution in [3.8, 4) is 0 Å². The van der Waals surface area contributed by atoms with Gasteiger partial charge in [-0.15, -0.1) is 0 Å². The van der Waals surface area contributed by atoms with E-state index in [0.717, 1.165) is 32.4 Å². The smallest absolute Gasteiger partial charge is 0.274 e. The Bertz CT molecular complexity index is 525. The maximum Gasteiger partial charge on any atom is 0.274 e. The molecule has 1 aliphatic heterocycles. The Labute approximate surface area is 136 Å². The monoisotopic (exact) mass is 328 g/mol. The summed E-state index contributed by atoms with van der Waals surface area (Å²) in [6, 6.07) is 3.22. The van der Waals surface area contributed by atoms with Gasteiger partial charge in [-0.2, -0.15) is 0 Å². The maximum absolute atomic E-state index is 12.6. The number of aromatic nitrogens is 1. The van der Waals surface area contributed by atoms with Crippen molar-refractivity contribution in [3.63, 3.8) is 0 Å². The Morgan fingerprint density at radius 2 is 1.95 bits per heavy atom. The first kappa shape index (κ1) is 16.6. The van der Waals surface area contributed by atoms with Gasteiger partial charge in [0.15, 0.2) is 0 Å². The highest BCUT2D eigenvalue weighted by Gasteiger charge is 2.29. The van der Waals surface area contributed by atoms with E-state index in [4.69, 9.17) is 23.2 Å². The van der Waals surface area contributed by atoms with Gasteiger partial charge in [-0.05, 0) is 42.7 Å². The average Bonchev–Trinajstić information content (AvgIpc) is 2.66. The van der Waals surface area contributed by atoms with E-state index in [0.29, 0.717) is 16.1 Å². The van der Waals surface area contributed by atoms with Crippen LogP contribution in [0.3, 0.4) is 0 Å². The minimum atomic E-state index is -0.114. The predicted molar refractivity (Wildman–Crippen MR) is 87.0 cm³/mol. The maximum atomic E-state index is 12.6. The highest BCUT2D eigenvalue weighted by Crippen LogP contribution is 2.34. The SMILES string of the molecule is CC(C)(C)C1CCCN(C(=O)c2nc(Cl)ccc2Cl)CC1. The van der Waals surface area contributed by atoms with E-state index in [1.165, 1.54) is 0 Å². The first-order chi connectivity index (χ1) is 9.79. The molecule has 3 nitrogen and oxygen atoms in total. The molecular formula is C16H22Cl2N2O. The molecule has 5 heteroatoms. The molecule has 1 aliphatic rings. The number of carbonyl (C=O) groups excluding carboxylic acids is 1. The second kappa shape index (κ2) is 6.53. The highest BCUT2D eigenvalue weighted by molar-refractivity contribution is 6.34. The molecule has 1 fully saturated rings. The summed E-state index contributed by atoms with van der Waals surface area (Å²) in [5, 5.41) is 0.658. The zero-order valence-corrected chi connectivity index (χ0v) is 14.3. The van der Waals surface area contributed by atoms with Gasteiger partial charge in [0.1, 0.15) is 10.8 Å². The third kappa shape index (κ3) is 4.10. The Morgan fingerprint density at radius 3 is 2.62 bits per heavy atom. The minimum Gasteiger partial charge on any atom is -0.337 e. The van der Waals surface area contributed by atoms with Crippen LogP contribution in [0, 0.1) is 11.3 Å². The highest BCUT2D eigenvalue weighted by atomic mass is 35.5. The molecule has 0 N–H and O–H groups in total. The van der Waals surface area contributed by atoms with Gasteiger partial charge in [-0.25, -0.2) is 4.98 Å². The molecule has 116 valence electrons. The fourth-order valence-electron chi connectivity index (χ4n) is 2.88. The molecule has 2 rings (SSSR count). The van der Waals surface area contributed by atoms with Gasteiger partial charge in [0.25, 0.3) is 5.91 Å². The van der Waals surface area contributed by atoms with Gasteiger partial charge in [0.05, 0.1) is 5.02 Å². The molecule has 0 aromatic carbocycles. The summed E-state index contributed by atoms with van der Waals surface area (Å²) in [7, 11) is 0. The standard InChI is InChI=1S/C16H22Cl2N2O/c1-16(2,3)11-5-4-9-20(10-8-11)15(21)14-12(17)6-7-13(18)19-14/h6-7,11H,4-5,8-10H2,1-3H3. The summed E-state index contributed by atoms with van der Waals surface area (Å²) >= 11 is 12.0. The Morgan fingerprint density at radius 1 is 1.24 bits per heavy atom. The van der Waals surface area contributed by atoms with Gasteiger partial charge in [0, 0.05) is 13.1 Å². The second-order valence-corrected chi connectivity index (χ2v) is 7.54. The van der Waals surface area contributed by atoms with E-state index < -0.39 is 0 Å². The Kier molecular flexibility index (Phi) is 5.15. The van der Waals surface area contributed by atoms with Crippen LogP contribution in [0.4, 0.5) is 0 Å². The molecule has 1 aromatic rings. The summed E-state index contributed by atoms with van der Waals surface area (Å²) in [5.74, 6) is 0.523. The first-order valence-electron chi connectivity index (χ1n) is 7.40. The number of pyridine rings is 1. The van der Waals surface area contributed by atoms with Gasteiger partial charge in [0.2, 0.25) is 0 Å². The quantitative estimate of drug-likeness (QED) is 0.701. The molecule has 21 heavy (non-hydrogen) atoms. The first-order valence-corrected chi connectivity index (χ1v) is 8.16. The summed E-state index contributed by atoms with van der Waals surface area (Å²) in [4.78, 5) is 18.5. The lowest BCUT2D eigenvalue weighted by Crippen LogP contribution is -2.33. The van der Waals surface area contributed by atoms with Crippen molar-refractivity contribution in [2.24, 2.45) is 11.3 Å². The van der Waals surface area contributed by atoms with E-state index in [9.17, 15) is 4.79 Å². The number of rotatable bonds is 1. The van der Waals surface area contributed by atoms with Crippen molar-refractivity contribution in [1.29, 1.82) is 0 Å². The van der Waals surface area contributed by atoms with Crippen molar-refractivity contribution in [3.05, 3.63) is 28.0 Å². The fourth-order valence-corrected chi connectivity index (χ4v) is 3.22. The molecular weight excluding hydrogens is 307 g/mol. The van der Waals surface area contributed by atoms with Crippen molar-refractivity contribution in [2.45, 2.75) is 40.0 Å². The Balaban J connectivity index is 2.12. The van der Waals surface area contributed by atoms with Crippen LogP contribution in [0.15, 0.2) is 12.1 Å². The van der Waals surface area contributed by atoms with Crippen LogP contribution >= 0.6 is 23.2 Å². The van der Waals surface area contributed by atoms with Crippen molar-refractivity contribution in [2.75, 3.05) is 13.1 Å². The fraction of sp³-hybridized carbons (Fsp3) is 0.625. The largest absolute Gasteiger partial charge is 0.337 e. The third-order valence-corrected chi connectivity index (χ3v) is 4.77. The van der Waals surface area contributed by atoms with E-state index >= 15 is 0 Å². The molecule has 1 atom stereocenters. The van der Waals surface area contributed by atoms with Crippen molar-refractivity contribution >= 4 is 29.1 Å². The molecule has 0 aliphatic carbocycles. The van der Waals surface area contributed by atoms with Crippen molar-refractivity contribution < 1.29 is 4.79 Å². The van der Waals surface area contributed by atoms with Gasteiger partial charge < -0.3 is 4.90 Å². The second-order valence-electron chi connectivity index (χ2n) is 6.75. The van der Waals surface area contributed by atoms with Crippen LogP contribution in [-0.2, 0) is 0 Å². The van der Waals surface area contributed by atoms with Crippen LogP contribution in [0.2, 0.25) is 10.2 Å². The predicted octanol–water partition coefficient (Wildman–Crippen LogP) is 4.68. The minimum absolute atomic E-state index is 0.114. The normalized spacial score (nSPS) is 20.2. The number of hydrogen-bond donors (Lipinski definition) is 0. The van der Waals surface area contributed by atoms with E-state index in [-0.39, 0.29) is 17.0 Å². The molecule has 0 spiro atoms.